The van der Waals surface area contributed by atoms with Gasteiger partial charge in [-0.05, 0) is 24.6 Å². The van der Waals surface area contributed by atoms with E-state index < -0.39 is 5.72 Å². The van der Waals surface area contributed by atoms with Crippen LogP contribution in [-0.4, -0.2) is 36.5 Å². The van der Waals surface area contributed by atoms with Gasteiger partial charge in [-0.3, -0.25) is 0 Å². The molecule has 5 heteroatoms. The summed E-state index contributed by atoms with van der Waals surface area (Å²) in [5.41, 5.74) is -0.378. The van der Waals surface area contributed by atoms with E-state index in [4.69, 9.17) is 9.47 Å². The molecule has 1 aromatic carbocycles. The third-order valence-electron chi connectivity index (χ3n) is 3.47. The molecule has 1 N–H and O–H groups in total. The molecule has 1 aliphatic rings. The molecule has 1 unspecified atom stereocenters. The quantitative estimate of drug-likeness (QED) is 0.904. The summed E-state index contributed by atoms with van der Waals surface area (Å²) in [6.45, 7) is 6.87. The Hall–Kier alpha value is -1.33. The molecular weight excluding hydrogens is 274 g/mol. The molecule has 4 nitrogen and oxygen atoms in total. The molecule has 1 saturated heterocycles. The van der Waals surface area contributed by atoms with Crippen LogP contribution in [0.3, 0.4) is 0 Å². The van der Waals surface area contributed by atoms with Crippen LogP contribution in [0.25, 0.3) is 0 Å². The number of benzene rings is 1. The van der Waals surface area contributed by atoms with Crippen molar-refractivity contribution in [3.05, 3.63) is 35.4 Å². The zero-order chi connectivity index (χ0) is 14.8. The van der Waals surface area contributed by atoms with Gasteiger partial charge in [-0.15, -0.1) is 11.8 Å². The summed E-state index contributed by atoms with van der Waals surface area (Å²) in [6, 6.07) is 5.48. The summed E-state index contributed by atoms with van der Waals surface area (Å²) < 4.78 is 10.7. The first-order chi connectivity index (χ1) is 9.56. The molecule has 1 aromatic rings. The maximum Gasteiger partial charge on any atom is 0.178 e. The van der Waals surface area contributed by atoms with E-state index in [2.05, 4.69) is 13.5 Å². The molecule has 1 atom stereocenters. The van der Waals surface area contributed by atoms with E-state index in [1.54, 1.807) is 26.0 Å². The largest absolute Gasteiger partial charge is 0.497 e. The van der Waals surface area contributed by atoms with Gasteiger partial charge in [-0.1, -0.05) is 13.5 Å². The highest BCUT2D eigenvalue weighted by molar-refractivity contribution is 8.03. The zero-order valence-corrected chi connectivity index (χ0v) is 13.0. The highest BCUT2D eigenvalue weighted by atomic mass is 32.2. The van der Waals surface area contributed by atoms with E-state index in [1.165, 1.54) is 0 Å². The van der Waals surface area contributed by atoms with Crippen LogP contribution in [0.15, 0.2) is 29.8 Å². The predicted octanol–water partition coefficient (Wildman–Crippen LogP) is 2.78. The number of methoxy groups -OCH3 is 2. The second kappa shape index (κ2) is 5.97. The molecule has 0 spiro atoms. The summed E-state index contributed by atoms with van der Waals surface area (Å²) in [5.74, 6) is 1.90. The number of rotatable bonds is 5. The Balaban J connectivity index is 2.49. The minimum Gasteiger partial charge on any atom is -0.497 e. The molecule has 0 aromatic heterocycles. The van der Waals surface area contributed by atoms with Gasteiger partial charge in [0.1, 0.15) is 11.5 Å². The van der Waals surface area contributed by atoms with E-state index in [0.717, 1.165) is 23.6 Å². The van der Waals surface area contributed by atoms with E-state index in [-0.39, 0.29) is 0 Å². The van der Waals surface area contributed by atoms with Crippen LogP contribution in [0.1, 0.15) is 18.9 Å². The van der Waals surface area contributed by atoms with Crippen molar-refractivity contribution in [3.8, 4) is 11.5 Å². The minimum atomic E-state index is -1.10. The topological polar surface area (TPSA) is 41.9 Å². The third-order valence-corrected chi connectivity index (χ3v) is 4.57. The summed E-state index contributed by atoms with van der Waals surface area (Å²) in [4.78, 5) is 1.94. The molecule has 0 amide bonds. The van der Waals surface area contributed by atoms with Gasteiger partial charge in [-0.2, -0.15) is 0 Å². The summed E-state index contributed by atoms with van der Waals surface area (Å²) in [7, 11) is 3.22. The van der Waals surface area contributed by atoms with E-state index >= 15 is 0 Å². The normalized spacial score (nSPS) is 22.2. The van der Waals surface area contributed by atoms with Gasteiger partial charge in [0.2, 0.25) is 0 Å². The summed E-state index contributed by atoms with van der Waals surface area (Å²) in [6.07, 6.45) is 0.939. The Bertz CT molecular complexity index is 506. The van der Waals surface area contributed by atoms with Crippen molar-refractivity contribution in [2.45, 2.75) is 19.1 Å². The number of aliphatic hydroxyl groups is 1. The second-order valence-corrected chi connectivity index (χ2v) is 5.77. The lowest BCUT2D eigenvalue weighted by atomic mass is 10.0. The first-order valence-corrected chi connectivity index (χ1v) is 7.59. The molecule has 110 valence electrons. The van der Waals surface area contributed by atoms with Gasteiger partial charge >= 0.3 is 0 Å². The van der Waals surface area contributed by atoms with Crippen LogP contribution in [0, 0.1) is 0 Å². The Morgan fingerprint density at radius 2 is 2.15 bits per heavy atom. The van der Waals surface area contributed by atoms with Crippen molar-refractivity contribution in [2.75, 3.05) is 26.5 Å². The molecule has 2 rings (SSSR count). The molecule has 0 saturated carbocycles. The first-order valence-electron chi connectivity index (χ1n) is 6.61. The molecule has 20 heavy (non-hydrogen) atoms. The number of hydrogen-bond acceptors (Lipinski definition) is 5. The maximum atomic E-state index is 11.2. The average Bonchev–Trinajstić information content (AvgIpc) is 2.76. The monoisotopic (exact) mass is 295 g/mol. The molecule has 1 heterocycles. The first kappa shape index (κ1) is 15.1. The van der Waals surface area contributed by atoms with Gasteiger partial charge in [-0.25, -0.2) is 0 Å². The van der Waals surface area contributed by atoms with Gasteiger partial charge in [0.15, 0.2) is 5.72 Å². The smallest absolute Gasteiger partial charge is 0.178 e. The zero-order valence-electron chi connectivity index (χ0n) is 12.2. The molecule has 0 aliphatic carbocycles. The molecule has 0 bridgehead atoms. The number of thioether (sulfide) groups is 1. The van der Waals surface area contributed by atoms with Crippen LogP contribution >= 0.6 is 11.8 Å². The van der Waals surface area contributed by atoms with Crippen molar-refractivity contribution >= 4 is 11.8 Å². The van der Waals surface area contributed by atoms with Crippen LogP contribution in [0.4, 0.5) is 0 Å². The van der Waals surface area contributed by atoms with Crippen LogP contribution < -0.4 is 9.47 Å². The third kappa shape index (κ3) is 2.47. The van der Waals surface area contributed by atoms with Crippen molar-refractivity contribution in [2.24, 2.45) is 0 Å². The van der Waals surface area contributed by atoms with Gasteiger partial charge < -0.3 is 19.5 Å². The van der Waals surface area contributed by atoms with Gasteiger partial charge in [0, 0.05) is 6.54 Å². The van der Waals surface area contributed by atoms with Crippen LogP contribution in [-0.2, 0) is 5.72 Å². The van der Waals surface area contributed by atoms with Crippen LogP contribution in [0.5, 0.6) is 11.5 Å². The Morgan fingerprint density at radius 3 is 2.75 bits per heavy atom. The summed E-state index contributed by atoms with van der Waals surface area (Å²) in [5, 5.41) is 12.1. The fraction of sp³-hybridized carbons (Fsp3) is 0.467. The standard InChI is InChI=1S/C15H21NO3S/c1-5-8-16-11(2)20-10-15(16,17)13-9-12(18-3)6-7-14(13)19-4/h6-7,9,17H,2,5,8,10H2,1,3-4H3. The van der Waals surface area contributed by atoms with Gasteiger partial charge in [0.05, 0.1) is 30.6 Å². The second-order valence-electron chi connectivity index (χ2n) is 4.72. The number of hydrogen-bond donors (Lipinski definition) is 1. The number of nitrogens with zero attached hydrogens (tertiary/aromatic N) is 1. The van der Waals surface area contributed by atoms with Gasteiger partial charge in [0.25, 0.3) is 0 Å². The lowest BCUT2D eigenvalue weighted by Gasteiger charge is -2.35. The SMILES string of the molecule is C=C1SCC(O)(c2cc(OC)ccc2OC)N1CCC. The number of ether oxygens (including phenoxy) is 2. The van der Waals surface area contributed by atoms with Crippen molar-refractivity contribution in [3.63, 3.8) is 0 Å². The average molecular weight is 295 g/mol. The molecular formula is C15H21NO3S. The van der Waals surface area contributed by atoms with Crippen molar-refractivity contribution < 1.29 is 14.6 Å². The molecule has 1 aliphatic heterocycles. The lowest BCUT2D eigenvalue weighted by molar-refractivity contribution is -0.0649. The molecule has 0 radical (unpaired) electrons. The minimum absolute atomic E-state index is 0.537. The maximum absolute atomic E-state index is 11.2. The highest BCUT2D eigenvalue weighted by Crippen LogP contribution is 2.47. The van der Waals surface area contributed by atoms with Crippen molar-refractivity contribution in [1.29, 1.82) is 0 Å². The Labute approximate surface area is 124 Å². The Kier molecular flexibility index (Phi) is 4.50. The van der Waals surface area contributed by atoms with E-state index in [9.17, 15) is 5.11 Å². The fourth-order valence-electron chi connectivity index (χ4n) is 2.43. The van der Waals surface area contributed by atoms with Crippen molar-refractivity contribution in [1.82, 2.24) is 4.90 Å². The summed E-state index contributed by atoms with van der Waals surface area (Å²) >= 11 is 1.56. The van der Waals surface area contributed by atoms with E-state index in [0.29, 0.717) is 17.3 Å². The Morgan fingerprint density at radius 1 is 1.40 bits per heavy atom. The predicted molar refractivity (Wildman–Crippen MR) is 82.0 cm³/mol. The molecule has 1 fully saturated rings. The van der Waals surface area contributed by atoms with E-state index in [1.807, 2.05) is 23.1 Å². The lowest BCUT2D eigenvalue weighted by Crippen LogP contribution is -2.43. The fourth-order valence-corrected chi connectivity index (χ4v) is 3.51. The van der Waals surface area contributed by atoms with Crippen LogP contribution in [0.2, 0.25) is 0 Å². The highest BCUT2D eigenvalue weighted by Gasteiger charge is 2.44.